The predicted molar refractivity (Wildman–Crippen MR) is 63.0 cm³/mol. The number of hydrogen-bond donors (Lipinski definition) is 0. The predicted octanol–water partition coefficient (Wildman–Crippen LogP) is 2.51. The summed E-state index contributed by atoms with van der Waals surface area (Å²) in [5.74, 6) is -1.76. The summed E-state index contributed by atoms with van der Waals surface area (Å²) in [6, 6.07) is 2.50. The van der Waals surface area contributed by atoms with Crippen molar-refractivity contribution < 1.29 is 30.2 Å². The lowest BCUT2D eigenvalue weighted by Crippen LogP contribution is -2.28. The van der Waals surface area contributed by atoms with E-state index >= 15 is 0 Å². The Morgan fingerprint density at radius 3 is 2.24 bits per heavy atom. The molecule has 0 aliphatic heterocycles. The van der Waals surface area contributed by atoms with Gasteiger partial charge in [0.05, 0.1) is 0 Å². The molecule has 1 aromatic carbocycles. The number of hydrogen-bond acceptors (Lipinski definition) is 5. The van der Waals surface area contributed by atoms with Crippen molar-refractivity contribution >= 4 is 10.1 Å². The van der Waals surface area contributed by atoms with Crippen LogP contribution < -0.4 is 4.18 Å². The summed E-state index contributed by atoms with van der Waals surface area (Å²) < 4.78 is 75.6. The molecule has 0 saturated carbocycles. The lowest BCUT2D eigenvalue weighted by molar-refractivity contribution is -0.0500. The standard InChI is InChI=1S/C11H6F4N2O3S/c12-10-3-8(20-21(18,19)11(13,14)15)1-2-9(10)7-4-16-6-17-5-7/h1-6H. The van der Waals surface area contributed by atoms with E-state index in [0.29, 0.717) is 6.07 Å². The number of aromatic nitrogens is 2. The van der Waals surface area contributed by atoms with E-state index in [2.05, 4.69) is 14.2 Å². The van der Waals surface area contributed by atoms with Gasteiger partial charge in [-0.3, -0.25) is 0 Å². The van der Waals surface area contributed by atoms with Gasteiger partial charge in [0.15, 0.2) is 0 Å². The van der Waals surface area contributed by atoms with E-state index in [4.69, 9.17) is 0 Å². The largest absolute Gasteiger partial charge is 0.534 e. The molecular weight excluding hydrogens is 316 g/mol. The maximum absolute atomic E-state index is 13.8. The minimum atomic E-state index is -5.84. The first-order valence-corrected chi connectivity index (χ1v) is 6.67. The number of rotatable bonds is 3. The average molecular weight is 322 g/mol. The molecule has 21 heavy (non-hydrogen) atoms. The van der Waals surface area contributed by atoms with E-state index < -0.39 is 27.2 Å². The van der Waals surface area contributed by atoms with Gasteiger partial charge in [0.2, 0.25) is 0 Å². The molecule has 1 heterocycles. The van der Waals surface area contributed by atoms with Gasteiger partial charge in [0, 0.05) is 29.6 Å². The van der Waals surface area contributed by atoms with Crippen LogP contribution in [0.4, 0.5) is 17.6 Å². The van der Waals surface area contributed by atoms with Gasteiger partial charge >= 0.3 is 15.6 Å². The van der Waals surface area contributed by atoms with Gasteiger partial charge in [-0.2, -0.15) is 21.6 Å². The highest BCUT2D eigenvalue weighted by atomic mass is 32.2. The molecule has 2 aromatic rings. The summed E-state index contributed by atoms with van der Waals surface area (Å²) >= 11 is 0. The maximum atomic E-state index is 13.8. The minimum Gasteiger partial charge on any atom is -0.376 e. The topological polar surface area (TPSA) is 69.2 Å². The van der Waals surface area contributed by atoms with Gasteiger partial charge < -0.3 is 4.18 Å². The van der Waals surface area contributed by atoms with E-state index in [0.717, 1.165) is 12.1 Å². The quantitative estimate of drug-likeness (QED) is 0.493. The summed E-state index contributed by atoms with van der Waals surface area (Å²) in [6.45, 7) is 0. The van der Waals surface area contributed by atoms with Crippen LogP contribution in [0.25, 0.3) is 11.1 Å². The van der Waals surface area contributed by atoms with Crippen molar-refractivity contribution in [1.82, 2.24) is 9.97 Å². The minimum absolute atomic E-state index is 0.00708. The molecule has 0 fully saturated rings. The molecule has 0 bridgehead atoms. The van der Waals surface area contributed by atoms with E-state index in [1.165, 1.54) is 18.7 Å². The van der Waals surface area contributed by atoms with Crippen LogP contribution in [0.15, 0.2) is 36.9 Å². The molecule has 0 saturated heterocycles. The van der Waals surface area contributed by atoms with Crippen molar-refractivity contribution in [2.45, 2.75) is 5.51 Å². The number of benzene rings is 1. The van der Waals surface area contributed by atoms with Crippen LogP contribution >= 0.6 is 0 Å². The summed E-state index contributed by atoms with van der Waals surface area (Å²) in [7, 11) is -5.84. The van der Waals surface area contributed by atoms with Crippen LogP contribution in [0.2, 0.25) is 0 Å². The van der Waals surface area contributed by atoms with Crippen LogP contribution in [-0.4, -0.2) is 23.9 Å². The third-order valence-electron chi connectivity index (χ3n) is 2.30. The van der Waals surface area contributed by atoms with Crippen molar-refractivity contribution in [3.05, 3.63) is 42.7 Å². The zero-order valence-electron chi connectivity index (χ0n) is 10.0. The van der Waals surface area contributed by atoms with Gasteiger partial charge in [-0.05, 0) is 12.1 Å². The zero-order chi connectivity index (χ0) is 15.7. The highest BCUT2D eigenvalue weighted by Gasteiger charge is 2.48. The average Bonchev–Trinajstić information content (AvgIpc) is 2.38. The Morgan fingerprint density at radius 2 is 1.71 bits per heavy atom. The molecule has 0 radical (unpaired) electrons. The van der Waals surface area contributed by atoms with Crippen LogP contribution in [0.1, 0.15) is 0 Å². The van der Waals surface area contributed by atoms with Gasteiger partial charge in [-0.1, -0.05) is 0 Å². The second-order valence-electron chi connectivity index (χ2n) is 3.75. The fourth-order valence-corrected chi connectivity index (χ4v) is 1.85. The monoisotopic (exact) mass is 322 g/mol. The molecule has 0 aliphatic carbocycles. The van der Waals surface area contributed by atoms with Crippen molar-refractivity contribution in [1.29, 1.82) is 0 Å². The Labute approximate surface area is 116 Å². The Morgan fingerprint density at radius 1 is 1.10 bits per heavy atom. The number of alkyl halides is 3. The Balaban J connectivity index is 2.33. The Hall–Kier alpha value is -2.23. The second kappa shape index (κ2) is 5.28. The van der Waals surface area contributed by atoms with E-state index in [1.54, 1.807) is 0 Å². The first-order chi connectivity index (χ1) is 9.71. The molecule has 0 amide bonds. The molecule has 0 atom stereocenters. The Kier molecular flexibility index (Phi) is 3.81. The van der Waals surface area contributed by atoms with E-state index in [9.17, 15) is 26.0 Å². The number of halogens is 4. The first kappa shape index (κ1) is 15.2. The SMILES string of the molecule is O=S(=O)(Oc1ccc(-c2cncnc2)c(F)c1)C(F)(F)F. The molecule has 0 N–H and O–H groups in total. The van der Waals surface area contributed by atoms with Gasteiger partial charge in [-0.25, -0.2) is 14.4 Å². The smallest absolute Gasteiger partial charge is 0.376 e. The molecule has 1 aromatic heterocycles. The van der Waals surface area contributed by atoms with Crippen molar-refractivity contribution in [2.75, 3.05) is 0 Å². The molecule has 2 rings (SSSR count). The normalized spacial score (nSPS) is 12.2. The van der Waals surface area contributed by atoms with Crippen LogP contribution in [0.5, 0.6) is 5.75 Å². The van der Waals surface area contributed by atoms with Crippen molar-refractivity contribution in [3.63, 3.8) is 0 Å². The van der Waals surface area contributed by atoms with Crippen LogP contribution in [-0.2, 0) is 10.1 Å². The van der Waals surface area contributed by atoms with Crippen LogP contribution in [0.3, 0.4) is 0 Å². The highest BCUT2D eigenvalue weighted by Crippen LogP contribution is 2.30. The van der Waals surface area contributed by atoms with Crippen molar-refractivity contribution in [2.24, 2.45) is 0 Å². The third-order valence-corrected chi connectivity index (χ3v) is 3.28. The summed E-state index contributed by atoms with van der Waals surface area (Å²) in [5.41, 5.74) is -5.32. The lowest BCUT2D eigenvalue weighted by atomic mass is 10.1. The van der Waals surface area contributed by atoms with Crippen LogP contribution in [0, 0.1) is 5.82 Å². The van der Waals surface area contributed by atoms with Gasteiger partial charge in [-0.15, -0.1) is 0 Å². The fraction of sp³-hybridized carbons (Fsp3) is 0.0909. The molecule has 0 spiro atoms. The van der Waals surface area contributed by atoms with Gasteiger partial charge in [0.25, 0.3) is 0 Å². The molecule has 112 valence electrons. The fourth-order valence-electron chi connectivity index (χ4n) is 1.39. The summed E-state index contributed by atoms with van der Waals surface area (Å²) in [5, 5.41) is 0. The molecule has 0 unspecified atom stereocenters. The zero-order valence-corrected chi connectivity index (χ0v) is 10.8. The maximum Gasteiger partial charge on any atom is 0.534 e. The number of nitrogens with zero attached hydrogens (tertiary/aromatic N) is 2. The van der Waals surface area contributed by atoms with E-state index in [1.807, 2.05) is 0 Å². The van der Waals surface area contributed by atoms with E-state index in [-0.39, 0.29) is 11.1 Å². The Bertz CT molecular complexity index is 748. The van der Waals surface area contributed by atoms with Gasteiger partial charge in [0.1, 0.15) is 17.9 Å². The molecule has 10 heteroatoms. The molecule has 5 nitrogen and oxygen atoms in total. The highest BCUT2D eigenvalue weighted by molar-refractivity contribution is 7.87. The summed E-state index contributed by atoms with van der Waals surface area (Å²) in [6.07, 6.45) is 3.80. The van der Waals surface area contributed by atoms with Crippen molar-refractivity contribution in [3.8, 4) is 16.9 Å². The molecular formula is C11H6F4N2O3S. The third kappa shape index (κ3) is 3.27. The summed E-state index contributed by atoms with van der Waals surface area (Å²) in [4.78, 5) is 7.33. The molecule has 0 aliphatic rings. The first-order valence-electron chi connectivity index (χ1n) is 5.26. The lowest BCUT2D eigenvalue weighted by Gasteiger charge is -2.10. The second-order valence-corrected chi connectivity index (χ2v) is 5.29.